The minimum absolute atomic E-state index is 0.141. The molecule has 0 saturated heterocycles. The SMILES string of the molecule is COC[C@]12CCC(C)CC1CCC1C3CCC(C(=O)Cn4ncc5ncccc54)C3(C)CCC12. The Hall–Kier alpha value is -1.75. The number of fused-ring (bicyclic) bond motifs is 6. The van der Waals surface area contributed by atoms with E-state index in [-0.39, 0.29) is 11.3 Å². The Kier molecular flexibility index (Phi) is 5.63. The molecule has 7 unspecified atom stereocenters. The van der Waals surface area contributed by atoms with Crippen molar-refractivity contribution in [3.63, 3.8) is 0 Å². The van der Waals surface area contributed by atoms with Crippen LogP contribution in [-0.4, -0.2) is 34.3 Å². The van der Waals surface area contributed by atoms with Crippen LogP contribution >= 0.6 is 0 Å². The predicted octanol–water partition coefficient (Wildman–Crippen LogP) is 5.92. The molecular formula is C29H41N3O2. The third-order valence-corrected chi connectivity index (χ3v) is 11.1. The molecule has 4 aliphatic carbocycles. The van der Waals surface area contributed by atoms with Crippen LogP contribution in [0.4, 0.5) is 0 Å². The summed E-state index contributed by atoms with van der Waals surface area (Å²) in [5.41, 5.74) is 2.36. The van der Waals surface area contributed by atoms with Crippen molar-refractivity contribution in [3.8, 4) is 0 Å². The van der Waals surface area contributed by atoms with Crippen molar-refractivity contribution in [2.75, 3.05) is 13.7 Å². The zero-order valence-electron chi connectivity index (χ0n) is 21.2. The van der Waals surface area contributed by atoms with Crippen molar-refractivity contribution in [1.82, 2.24) is 14.8 Å². The molecule has 0 N–H and O–H groups in total. The largest absolute Gasteiger partial charge is 0.384 e. The van der Waals surface area contributed by atoms with Gasteiger partial charge >= 0.3 is 0 Å². The summed E-state index contributed by atoms with van der Waals surface area (Å²) in [5.74, 6) is 4.48. The van der Waals surface area contributed by atoms with E-state index in [0.29, 0.717) is 23.7 Å². The summed E-state index contributed by atoms with van der Waals surface area (Å²) in [5, 5.41) is 4.50. The number of hydrogen-bond donors (Lipinski definition) is 0. The molecule has 8 atom stereocenters. The lowest BCUT2D eigenvalue weighted by molar-refractivity contribution is -0.154. The smallest absolute Gasteiger partial charge is 0.157 e. The van der Waals surface area contributed by atoms with Gasteiger partial charge in [-0.2, -0.15) is 5.10 Å². The lowest BCUT2D eigenvalue weighted by Gasteiger charge is -2.61. The first-order valence-electron chi connectivity index (χ1n) is 13.7. The van der Waals surface area contributed by atoms with Crippen molar-refractivity contribution in [1.29, 1.82) is 0 Å². The summed E-state index contributed by atoms with van der Waals surface area (Å²) in [4.78, 5) is 18.1. The second kappa shape index (κ2) is 8.43. The van der Waals surface area contributed by atoms with Crippen molar-refractivity contribution < 1.29 is 9.53 Å². The van der Waals surface area contributed by atoms with Crippen molar-refractivity contribution in [3.05, 3.63) is 24.5 Å². The van der Waals surface area contributed by atoms with Gasteiger partial charge in [0.2, 0.25) is 0 Å². The van der Waals surface area contributed by atoms with E-state index in [1.165, 1.54) is 51.4 Å². The quantitative estimate of drug-likeness (QED) is 0.552. The molecule has 4 fully saturated rings. The van der Waals surface area contributed by atoms with E-state index >= 15 is 0 Å². The molecule has 2 heterocycles. The Morgan fingerprint density at radius 1 is 1.15 bits per heavy atom. The molecule has 4 aliphatic rings. The van der Waals surface area contributed by atoms with E-state index in [1.807, 2.05) is 23.9 Å². The number of rotatable bonds is 5. The van der Waals surface area contributed by atoms with Gasteiger partial charge in [0, 0.05) is 19.2 Å². The fraction of sp³-hybridized carbons (Fsp3) is 0.759. The topological polar surface area (TPSA) is 57.0 Å². The molecule has 2 aromatic rings. The number of carbonyl (C=O) groups is 1. The van der Waals surface area contributed by atoms with E-state index in [9.17, 15) is 4.79 Å². The number of aromatic nitrogens is 3. The molecular weight excluding hydrogens is 422 g/mol. The maximum Gasteiger partial charge on any atom is 0.157 e. The molecule has 0 amide bonds. The Labute approximate surface area is 204 Å². The normalized spacial score (nSPS) is 41.6. The third kappa shape index (κ3) is 3.32. The van der Waals surface area contributed by atoms with Gasteiger partial charge in [-0.3, -0.25) is 14.5 Å². The number of carbonyl (C=O) groups excluding carboxylic acids is 1. The summed E-state index contributed by atoms with van der Waals surface area (Å²) in [6.45, 7) is 6.23. The van der Waals surface area contributed by atoms with Gasteiger partial charge in [-0.05, 0) is 104 Å². The van der Waals surface area contributed by atoms with Crippen LogP contribution in [-0.2, 0) is 16.1 Å². The molecule has 0 bridgehead atoms. The van der Waals surface area contributed by atoms with Gasteiger partial charge in [-0.1, -0.05) is 20.3 Å². The van der Waals surface area contributed by atoms with Crippen molar-refractivity contribution in [2.24, 2.45) is 46.3 Å². The number of pyridine rings is 1. The van der Waals surface area contributed by atoms with E-state index in [0.717, 1.165) is 47.7 Å². The highest BCUT2D eigenvalue weighted by atomic mass is 16.5. The Balaban J connectivity index is 1.24. The highest BCUT2D eigenvalue weighted by Crippen LogP contribution is 2.68. The fourth-order valence-corrected chi connectivity index (χ4v) is 9.64. The van der Waals surface area contributed by atoms with Crippen LogP contribution in [0.15, 0.2) is 24.5 Å². The molecule has 4 saturated carbocycles. The van der Waals surface area contributed by atoms with E-state index in [2.05, 4.69) is 23.9 Å². The third-order valence-electron chi connectivity index (χ3n) is 11.1. The zero-order valence-corrected chi connectivity index (χ0v) is 21.2. The average molecular weight is 464 g/mol. The monoisotopic (exact) mass is 463 g/mol. The molecule has 5 heteroatoms. The number of ether oxygens (including phenoxy) is 1. The Morgan fingerprint density at radius 3 is 2.88 bits per heavy atom. The molecule has 0 aromatic carbocycles. The maximum absolute atomic E-state index is 13.7. The summed E-state index contributed by atoms with van der Waals surface area (Å²) >= 11 is 0. The van der Waals surface area contributed by atoms with Crippen LogP contribution in [0.5, 0.6) is 0 Å². The highest BCUT2D eigenvalue weighted by molar-refractivity contribution is 5.84. The Bertz CT molecular complexity index is 1060. The molecule has 2 aromatic heterocycles. The van der Waals surface area contributed by atoms with E-state index in [4.69, 9.17) is 4.74 Å². The van der Waals surface area contributed by atoms with Crippen LogP contribution in [0.3, 0.4) is 0 Å². The van der Waals surface area contributed by atoms with Gasteiger partial charge in [0.1, 0.15) is 12.1 Å². The predicted molar refractivity (Wildman–Crippen MR) is 133 cm³/mol. The van der Waals surface area contributed by atoms with Crippen LogP contribution in [0.2, 0.25) is 0 Å². The number of methoxy groups -OCH3 is 1. The molecule has 0 radical (unpaired) electrons. The molecule has 0 spiro atoms. The van der Waals surface area contributed by atoms with Gasteiger partial charge in [-0.25, -0.2) is 0 Å². The van der Waals surface area contributed by atoms with Crippen LogP contribution < -0.4 is 0 Å². The summed E-state index contributed by atoms with van der Waals surface area (Å²) in [6.07, 6.45) is 15.2. The van der Waals surface area contributed by atoms with Gasteiger partial charge in [-0.15, -0.1) is 0 Å². The van der Waals surface area contributed by atoms with Gasteiger partial charge in [0.15, 0.2) is 5.78 Å². The standard InChI is InChI=1S/C29H41N3O2/c1-19-10-13-29(18-34-3)20(15-19)6-7-21-22-8-9-24(28(22,2)12-11-23(21)29)27(33)17-32-26-5-4-14-30-25(26)16-31-32/h4-5,14,16,19-24H,6-13,15,17-18H2,1-3H3/t19?,20?,21?,22?,23?,24?,28?,29-/m1/s1. The second-order valence-electron chi connectivity index (χ2n) is 12.5. The summed E-state index contributed by atoms with van der Waals surface area (Å²) in [7, 11) is 1.92. The second-order valence-corrected chi connectivity index (χ2v) is 12.5. The number of ketones is 1. The minimum Gasteiger partial charge on any atom is -0.384 e. The summed E-state index contributed by atoms with van der Waals surface area (Å²) in [6, 6.07) is 3.95. The summed E-state index contributed by atoms with van der Waals surface area (Å²) < 4.78 is 7.82. The molecule has 5 nitrogen and oxygen atoms in total. The van der Waals surface area contributed by atoms with Gasteiger partial charge < -0.3 is 4.74 Å². The first-order chi connectivity index (χ1) is 16.5. The van der Waals surface area contributed by atoms with Gasteiger partial charge in [0.05, 0.1) is 18.3 Å². The first kappa shape index (κ1) is 22.7. The van der Waals surface area contributed by atoms with E-state index in [1.54, 1.807) is 12.4 Å². The van der Waals surface area contributed by atoms with Crippen LogP contribution in [0.25, 0.3) is 11.0 Å². The Morgan fingerprint density at radius 2 is 2.03 bits per heavy atom. The fourth-order valence-electron chi connectivity index (χ4n) is 9.64. The lowest BCUT2D eigenvalue weighted by Crippen LogP contribution is -2.56. The molecule has 184 valence electrons. The average Bonchev–Trinajstić information content (AvgIpc) is 3.40. The van der Waals surface area contributed by atoms with E-state index < -0.39 is 0 Å². The number of hydrogen-bond acceptors (Lipinski definition) is 4. The van der Waals surface area contributed by atoms with Crippen molar-refractivity contribution in [2.45, 2.75) is 78.2 Å². The van der Waals surface area contributed by atoms with Crippen LogP contribution in [0.1, 0.15) is 71.6 Å². The maximum atomic E-state index is 13.7. The highest BCUT2D eigenvalue weighted by Gasteiger charge is 2.62. The number of Topliss-reactive ketones (excluding diaryl/α,β-unsaturated/α-hetero) is 1. The molecule has 34 heavy (non-hydrogen) atoms. The van der Waals surface area contributed by atoms with Crippen molar-refractivity contribution >= 4 is 16.8 Å². The first-order valence-corrected chi connectivity index (χ1v) is 13.7. The molecule has 0 aliphatic heterocycles. The van der Waals surface area contributed by atoms with Crippen LogP contribution in [0, 0.1) is 46.3 Å². The molecule has 6 rings (SSSR count). The van der Waals surface area contributed by atoms with Gasteiger partial charge in [0.25, 0.3) is 0 Å². The zero-order chi connectivity index (χ0) is 23.5. The number of nitrogens with zero attached hydrogens (tertiary/aromatic N) is 3. The minimum atomic E-state index is 0.141. The lowest BCUT2D eigenvalue weighted by atomic mass is 9.44.